The lowest BCUT2D eigenvalue weighted by Gasteiger charge is -2.35. The molecular formula is C52H64O4P2. The van der Waals surface area contributed by atoms with Gasteiger partial charge in [-0.2, -0.15) is 0 Å². The predicted molar refractivity (Wildman–Crippen MR) is 247 cm³/mol. The van der Waals surface area contributed by atoms with E-state index in [1.54, 1.807) is 0 Å². The van der Waals surface area contributed by atoms with Gasteiger partial charge in [-0.3, -0.25) is 0 Å². The molecule has 0 aliphatic carbocycles. The van der Waals surface area contributed by atoms with Crippen LogP contribution < -0.4 is 28.7 Å². The molecule has 0 bridgehead atoms. The number of hydrogen-bond donors (Lipinski definition) is 0. The van der Waals surface area contributed by atoms with E-state index in [4.69, 9.17) is 18.1 Å². The molecule has 6 heteroatoms. The van der Waals surface area contributed by atoms with Gasteiger partial charge >= 0.3 is 16.8 Å². The van der Waals surface area contributed by atoms with Gasteiger partial charge in [0.2, 0.25) is 0 Å². The molecule has 58 heavy (non-hydrogen) atoms. The Bertz CT molecular complexity index is 2090. The Morgan fingerprint density at radius 2 is 0.586 bits per heavy atom. The second-order valence-corrected chi connectivity index (χ2v) is 23.6. The summed E-state index contributed by atoms with van der Waals surface area (Å²) >= 11 is 0. The summed E-state index contributed by atoms with van der Waals surface area (Å²) in [6.45, 7) is 36.1. The van der Waals surface area contributed by atoms with Crippen LogP contribution in [-0.4, -0.2) is 0 Å². The first-order chi connectivity index (χ1) is 26.9. The predicted octanol–water partition coefficient (Wildman–Crippen LogP) is 14.1. The van der Waals surface area contributed by atoms with Crippen LogP contribution in [0.15, 0.2) is 72.8 Å². The SMILES string of the molecule is Cc1cc2c(c(C(C)(C)C)c1)OP(c1ccccc1P1Oc3c(cc(C)cc3C(C)(C)C)Cc3cc(C)cc(C(C)(C)C)c3O1)Oc1c(cc(C)cc1C(C)(C)C)C2. The van der Waals surface area contributed by atoms with E-state index in [1.807, 2.05) is 0 Å². The maximum atomic E-state index is 7.45. The highest BCUT2D eigenvalue weighted by atomic mass is 31.2. The Balaban J connectivity index is 1.51. The van der Waals surface area contributed by atoms with Crippen LogP contribution in [0.2, 0.25) is 0 Å². The Morgan fingerprint density at radius 3 is 0.793 bits per heavy atom. The summed E-state index contributed by atoms with van der Waals surface area (Å²) in [5, 5.41) is 1.92. The van der Waals surface area contributed by atoms with Crippen molar-refractivity contribution in [1.29, 1.82) is 0 Å². The van der Waals surface area contributed by atoms with Gasteiger partial charge in [-0.05, 0) is 83.7 Å². The first-order valence-electron chi connectivity index (χ1n) is 20.9. The zero-order valence-corrected chi connectivity index (χ0v) is 39.7. The van der Waals surface area contributed by atoms with Crippen molar-refractivity contribution in [3.63, 3.8) is 0 Å². The van der Waals surface area contributed by atoms with Crippen LogP contribution >= 0.6 is 16.8 Å². The molecule has 306 valence electrons. The molecule has 0 spiro atoms. The second kappa shape index (κ2) is 15.0. The van der Waals surface area contributed by atoms with Crippen molar-refractivity contribution in [1.82, 2.24) is 0 Å². The molecule has 2 aliphatic rings. The maximum Gasteiger partial charge on any atom is 0.327 e. The van der Waals surface area contributed by atoms with E-state index in [2.05, 4.69) is 184 Å². The van der Waals surface area contributed by atoms with E-state index in [1.165, 1.54) is 66.8 Å². The van der Waals surface area contributed by atoms with Crippen LogP contribution in [0.25, 0.3) is 0 Å². The minimum absolute atomic E-state index is 0.159. The standard InChI is InChI=1S/C52H64O4P2/c1-31-21-35-29-36-22-32(2)26-40(50(8,9)10)46(36)54-57(53-45(35)39(25-31)49(5,6)7)43-19-17-18-20-44(43)58-55-47-37(23-33(3)27-41(47)51(11,12)13)30-38-24-34(4)28-42(48(38)56-58)52(14,15)16/h17-28H,29-30H2,1-16H3. The Morgan fingerprint density at radius 1 is 0.362 bits per heavy atom. The van der Waals surface area contributed by atoms with Crippen molar-refractivity contribution < 1.29 is 18.1 Å². The van der Waals surface area contributed by atoms with Gasteiger partial charge in [0.1, 0.15) is 23.0 Å². The highest BCUT2D eigenvalue weighted by molar-refractivity contribution is 7.63. The number of benzene rings is 5. The molecule has 4 nitrogen and oxygen atoms in total. The lowest BCUT2D eigenvalue weighted by Crippen LogP contribution is -2.30. The van der Waals surface area contributed by atoms with Gasteiger partial charge in [0.15, 0.2) is 0 Å². The quantitative estimate of drug-likeness (QED) is 0.166. The summed E-state index contributed by atoms with van der Waals surface area (Å²) in [5.41, 5.74) is 13.8. The molecule has 0 saturated carbocycles. The highest BCUT2D eigenvalue weighted by Crippen LogP contribution is 2.55. The van der Waals surface area contributed by atoms with E-state index in [9.17, 15) is 0 Å². The van der Waals surface area contributed by atoms with Gasteiger partial charge in [-0.15, -0.1) is 0 Å². The summed E-state index contributed by atoms with van der Waals surface area (Å²) in [7, 11) is -3.48. The van der Waals surface area contributed by atoms with Crippen LogP contribution in [0.5, 0.6) is 23.0 Å². The second-order valence-electron chi connectivity index (χ2n) is 20.9. The summed E-state index contributed by atoms with van der Waals surface area (Å²) in [6, 6.07) is 27.0. The Labute approximate surface area is 351 Å². The average Bonchev–Trinajstić information content (AvgIpc) is 3.07. The molecule has 0 aromatic heterocycles. The zero-order chi connectivity index (χ0) is 42.3. The molecule has 5 aromatic carbocycles. The minimum atomic E-state index is -1.74. The van der Waals surface area contributed by atoms with E-state index < -0.39 is 16.8 Å². The largest absolute Gasteiger partial charge is 0.435 e. The van der Waals surface area contributed by atoms with Crippen molar-refractivity contribution in [3.05, 3.63) is 140 Å². The molecule has 0 amide bonds. The topological polar surface area (TPSA) is 36.9 Å². The van der Waals surface area contributed by atoms with Gasteiger partial charge in [0.05, 0.1) is 10.6 Å². The molecule has 0 N–H and O–H groups in total. The van der Waals surface area contributed by atoms with Crippen molar-refractivity contribution >= 4 is 27.4 Å². The van der Waals surface area contributed by atoms with Gasteiger partial charge in [0.25, 0.3) is 0 Å². The first-order valence-corrected chi connectivity index (χ1v) is 23.2. The fourth-order valence-electron chi connectivity index (χ4n) is 8.33. The molecule has 0 radical (unpaired) electrons. The highest BCUT2D eigenvalue weighted by Gasteiger charge is 2.39. The molecule has 0 saturated heterocycles. The number of aryl methyl sites for hydroxylation is 4. The van der Waals surface area contributed by atoms with E-state index >= 15 is 0 Å². The van der Waals surface area contributed by atoms with Gasteiger partial charge in [-0.25, -0.2) is 0 Å². The number of hydrogen-bond acceptors (Lipinski definition) is 4. The third-order valence-electron chi connectivity index (χ3n) is 11.2. The molecule has 7 rings (SSSR count). The smallest absolute Gasteiger partial charge is 0.327 e. The van der Waals surface area contributed by atoms with Gasteiger partial charge in [-0.1, -0.05) is 166 Å². The molecule has 2 heterocycles. The lowest BCUT2D eigenvalue weighted by molar-refractivity contribution is 0.453. The normalized spacial score (nSPS) is 15.2. The third kappa shape index (κ3) is 8.44. The lowest BCUT2D eigenvalue weighted by atomic mass is 9.81. The summed E-state index contributed by atoms with van der Waals surface area (Å²) in [6.07, 6.45) is 1.45. The molecule has 5 aromatic rings. The van der Waals surface area contributed by atoms with Crippen LogP contribution in [0.1, 0.15) is 150 Å². The monoisotopic (exact) mass is 814 g/mol. The number of fused-ring (bicyclic) bond motifs is 4. The van der Waals surface area contributed by atoms with Crippen molar-refractivity contribution in [2.24, 2.45) is 0 Å². The van der Waals surface area contributed by atoms with Gasteiger partial charge in [0, 0.05) is 35.1 Å². The fourth-order valence-corrected chi connectivity index (χ4v) is 11.7. The molecular weight excluding hydrogens is 751 g/mol. The van der Waals surface area contributed by atoms with Crippen LogP contribution in [0.4, 0.5) is 0 Å². The molecule has 0 atom stereocenters. The summed E-state index contributed by atoms with van der Waals surface area (Å²) < 4.78 is 29.8. The maximum absolute atomic E-state index is 7.45. The zero-order valence-electron chi connectivity index (χ0n) is 37.9. The summed E-state index contributed by atoms with van der Waals surface area (Å²) in [4.78, 5) is 0. The van der Waals surface area contributed by atoms with E-state index in [0.29, 0.717) is 0 Å². The van der Waals surface area contributed by atoms with Crippen molar-refractivity contribution in [3.8, 4) is 23.0 Å². The van der Waals surface area contributed by atoms with E-state index in [0.717, 1.165) is 46.4 Å². The van der Waals surface area contributed by atoms with Crippen LogP contribution in [-0.2, 0) is 34.5 Å². The molecule has 0 unspecified atom stereocenters. The van der Waals surface area contributed by atoms with Gasteiger partial charge < -0.3 is 18.1 Å². The first kappa shape index (κ1) is 42.3. The van der Waals surface area contributed by atoms with E-state index in [-0.39, 0.29) is 21.7 Å². The minimum Gasteiger partial charge on any atom is -0.435 e. The number of rotatable bonds is 2. The fraction of sp³-hybridized carbons (Fsp3) is 0.423. The Kier molecular flexibility index (Phi) is 10.9. The van der Waals surface area contributed by atoms with Crippen LogP contribution in [0, 0.1) is 27.7 Å². The molecule has 2 aliphatic heterocycles. The average molecular weight is 815 g/mol. The molecule has 0 fully saturated rings. The Hall–Kier alpha value is -3.84. The van der Waals surface area contributed by atoms with Crippen molar-refractivity contribution in [2.45, 2.75) is 145 Å². The van der Waals surface area contributed by atoms with Crippen LogP contribution in [0.3, 0.4) is 0 Å². The van der Waals surface area contributed by atoms with Crippen molar-refractivity contribution in [2.75, 3.05) is 0 Å². The summed E-state index contributed by atoms with van der Waals surface area (Å²) in [5.74, 6) is 3.68. The third-order valence-corrected chi connectivity index (χ3v) is 14.3.